The Labute approximate surface area is 113 Å². The fraction of sp³-hybridized carbons (Fsp3) is 0.667. The molecule has 0 aliphatic heterocycles. The summed E-state index contributed by atoms with van der Waals surface area (Å²) in [6.45, 7) is 7.49. The first kappa shape index (κ1) is 14.9. The van der Waals surface area contributed by atoms with Crippen LogP contribution in [0.25, 0.3) is 0 Å². The number of carbonyl (C=O) groups excluding carboxylic acids is 1. The van der Waals surface area contributed by atoms with Gasteiger partial charge in [0.1, 0.15) is 5.03 Å². The van der Waals surface area contributed by atoms with E-state index in [1.54, 1.807) is 4.68 Å². The highest BCUT2D eigenvalue weighted by Gasteiger charge is 2.16. The Kier molecular flexibility index (Phi) is 5.53. The second-order valence-corrected chi connectivity index (χ2v) is 4.96. The molecular formula is C12H22N4OS. The van der Waals surface area contributed by atoms with Crippen LogP contribution in [0.5, 0.6) is 0 Å². The summed E-state index contributed by atoms with van der Waals surface area (Å²) in [5, 5.41) is 5.22. The van der Waals surface area contributed by atoms with E-state index in [0.29, 0.717) is 11.4 Å². The number of nitrogens with two attached hydrogens (primary N) is 1. The Balaban J connectivity index is 2.69. The van der Waals surface area contributed by atoms with E-state index in [9.17, 15) is 4.79 Å². The molecule has 0 spiro atoms. The maximum atomic E-state index is 11.9. The van der Waals surface area contributed by atoms with Gasteiger partial charge in [-0.05, 0) is 20.3 Å². The predicted molar refractivity (Wildman–Crippen MR) is 75.7 cm³/mol. The van der Waals surface area contributed by atoms with Gasteiger partial charge in [0.2, 0.25) is 5.91 Å². The Morgan fingerprint density at radius 3 is 2.44 bits per heavy atom. The average Bonchev–Trinajstić information content (AvgIpc) is 2.63. The van der Waals surface area contributed by atoms with Crippen molar-refractivity contribution in [1.29, 1.82) is 0 Å². The molecule has 0 radical (unpaired) electrons. The molecule has 5 nitrogen and oxygen atoms in total. The molecule has 6 heteroatoms. The van der Waals surface area contributed by atoms with Gasteiger partial charge in [0.25, 0.3) is 0 Å². The minimum Gasteiger partial charge on any atom is -0.395 e. The standard InChI is InChI=1S/C12H22N4OS/c1-5-9-11(13)12(15(4)14-9)18-8-10(17)16(6-2)7-3/h5-8,13H2,1-4H3. The first-order chi connectivity index (χ1) is 8.54. The van der Waals surface area contributed by atoms with Crippen molar-refractivity contribution in [2.24, 2.45) is 7.05 Å². The Morgan fingerprint density at radius 2 is 2.00 bits per heavy atom. The summed E-state index contributed by atoms with van der Waals surface area (Å²) in [5.74, 6) is 0.554. The maximum Gasteiger partial charge on any atom is 0.232 e. The van der Waals surface area contributed by atoms with Crippen LogP contribution < -0.4 is 5.73 Å². The van der Waals surface area contributed by atoms with Gasteiger partial charge < -0.3 is 10.6 Å². The molecule has 0 bridgehead atoms. The van der Waals surface area contributed by atoms with Crippen molar-refractivity contribution in [1.82, 2.24) is 14.7 Å². The van der Waals surface area contributed by atoms with Crippen LogP contribution in [-0.2, 0) is 18.3 Å². The number of hydrogen-bond acceptors (Lipinski definition) is 4. The maximum absolute atomic E-state index is 11.9. The summed E-state index contributed by atoms with van der Waals surface area (Å²) in [6, 6.07) is 0. The van der Waals surface area contributed by atoms with E-state index in [1.165, 1.54) is 11.8 Å². The third-order valence-corrected chi connectivity index (χ3v) is 4.04. The van der Waals surface area contributed by atoms with Gasteiger partial charge in [-0.25, -0.2) is 0 Å². The van der Waals surface area contributed by atoms with Gasteiger partial charge in [-0.2, -0.15) is 5.10 Å². The minimum atomic E-state index is 0.142. The lowest BCUT2D eigenvalue weighted by Gasteiger charge is -2.18. The number of aromatic nitrogens is 2. The molecule has 18 heavy (non-hydrogen) atoms. The van der Waals surface area contributed by atoms with Gasteiger partial charge in [0.05, 0.1) is 17.1 Å². The molecule has 1 aromatic heterocycles. The van der Waals surface area contributed by atoms with Crippen LogP contribution in [0.3, 0.4) is 0 Å². The van der Waals surface area contributed by atoms with Gasteiger partial charge in [0, 0.05) is 20.1 Å². The molecule has 1 rings (SSSR count). The molecule has 102 valence electrons. The van der Waals surface area contributed by atoms with E-state index in [4.69, 9.17) is 5.73 Å². The molecule has 2 N–H and O–H groups in total. The number of nitrogens with zero attached hydrogens (tertiary/aromatic N) is 3. The normalized spacial score (nSPS) is 10.7. The van der Waals surface area contributed by atoms with E-state index in [1.807, 2.05) is 32.7 Å². The Hall–Kier alpha value is -1.17. The highest BCUT2D eigenvalue weighted by atomic mass is 32.2. The summed E-state index contributed by atoms with van der Waals surface area (Å²) >= 11 is 1.46. The van der Waals surface area contributed by atoms with E-state index in [2.05, 4.69) is 5.10 Å². The third-order valence-electron chi connectivity index (χ3n) is 2.89. The van der Waals surface area contributed by atoms with Crippen molar-refractivity contribution in [3.05, 3.63) is 5.69 Å². The Morgan fingerprint density at radius 1 is 1.39 bits per heavy atom. The van der Waals surface area contributed by atoms with Crippen molar-refractivity contribution >= 4 is 23.4 Å². The van der Waals surface area contributed by atoms with E-state index in [0.717, 1.165) is 30.2 Å². The topological polar surface area (TPSA) is 64.2 Å². The summed E-state index contributed by atoms with van der Waals surface area (Å²) in [4.78, 5) is 13.7. The van der Waals surface area contributed by atoms with Crippen molar-refractivity contribution in [3.63, 3.8) is 0 Å². The van der Waals surface area contributed by atoms with Gasteiger partial charge in [-0.15, -0.1) is 0 Å². The van der Waals surface area contributed by atoms with Crippen LogP contribution in [-0.4, -0.2) is 39.4 Å². The number of thioether (sulfide) groups is 1. The number of aryl methyl sites for hydroxylation is 2. The van der Waals surface area contributed by atoms with Crippen LogP contribution in [0, 0.1) is 0 Å². The molecule has 0 unspecified atom stereocenters. The number of amides is 1. The first-order valence-electron chi connectivity index (χ1n) is 6.26. The fourth-order valence-electron chi connectivity index (χ4n) is 1.81. The highest BCUT2D eigenvalue weighted by molar-refractivity contribution is 8.00. The summed E-state index contributed by atoms with van der Waals surface area (Å²) < 4.78 is 1.76. The van der Waals surface area contributed by atoms with Gasteiger partial charge in [-0.1, -0.05) is 18.7 Å². The smallest absolute Gasteiger partial charge is 0.232 e. The zero-order valence-electron chi connectivity index (χ0n) is 11.6. The lowest BCUT2D eigenvalue weighted by molar-refractivity contribution is -0.127. The summed E-state index contributed by atoms with van der Waals surface area (Å²) in [5.41, 5.74) is 7.62. The predicted octanol–water partition coefficient (Wildman–Crippen LogP) is 1.53. The number of nitrogen functional groups attached to an aromatic ring is 1. The lowest BCUT2D eigenvalue weighted by atomic mass is 10.3. The largest absolute Gasteiger partial charge is 0.395 e. The summed E-state index contributed by atoms with van der Waals surface area (Å²) in [7, 11) is 1.86. The average molecular weight is 270 g/mol. The van der Waals surface area contributed by atoms with Crippen molar-refractivity contribution < 1.29 is 4.79 Å². The molecule has 0 aromatic carbocycles. The van der Waals surface area contributed by atoms with Crippen molar-refractivity contribution in [3.8, 4) is 0 Å². The molecule has 1 heterocycles. The highest BCUT2D eigenvalue weighted by Crippen LogP contribution is 2.27. The van der Waals surface area contributed by atoms with Crippen LogP contribution in [0.1, 0.15) is 26.5 Å². The summed E-state index contributed by atoms with van der Waals surface area (Å²) in [6.07, 6.45) is 0.810. The Bertz CT molecular complexity index is 412. The van der Waals surface area contributed by atoms with Crippen molar-refractivity contribution in [2.75, 3.05) is 24.6 Å². The number of hydrogen-bond donors (Lipinski definition) is 1. The lowest BCUT2D eigenvalue weighted by Crippen LogP contribution is -2.31. The zero-order valence-corrected chi connectivity index (χ0v) is 12.4. The van der Waals surface area contributed by atoms with E-state index in [-0.39, 0.29) is 5.91 Å². The molecular weight excluding hydrogens is 248 g/mol. The molecule has 1 aromatic rings. The zero-order chi connectivity index (χ0) is 13.7. The molecule has 1 amide bonds. The van der Waals surface area contributed by atoms with E-state index < -0.39 is 0 Å². The molecule has 0 fully saturated rings. The van der Waals surface area contributed by atoms with Crippen LogP contribution in [0.15, 0.2) is 5.03 Å². The molecule has 0 atom stereocenters. The third kappa shape index (κ3) is 3.19. The number of anilines is 1. The quantitative estimate of drug-likeness (QED) is 0.796. The van der Waals surface area contributed by atoms with Gasteiger partial charge >= 0.3 is 0 Å². The fourth-order valence-corrected chi connectivity index (χ4v) is 2.75. The first-order valence-corrected chi connectivity index (χ1v) is 7.25. The monoisotopic (exact) mass is 270 g/mol. The van der Waals surface area contributed by atoms with Crippen LogP contribution >= 0.6 is 11.8 Å². The second kappa shape index (κ2) is 6.68. The molecule has 0 aliphatic rings. The second-order valence-electron chi connectivity index (χ2n) is 4.00. The molecule has 0 aliphatic carbocycles. The SMILES string of the molecule is CCc1nn(C)c(SCC(=O)N(CC)CC)c1N. The molecule has 0 saturated heterocycles. The number of carbonyl (C=O) groups is 1. The van der Waals surface area contributed by atoms with Crippen LogP contribution in [0.2, 0.25) is 0 Å². The molecule has 0 saturated carbocycles. The van der Waals surface area contributed by atoms with Crippen molar-refractivity contribution in [2.45, 2.75) is 32.2 Å². The van der Waals surface area contributed by atoms with Gasteiger partial charge in [0.15, 0.2) is 0 Å². The van der Waals surface area contributed by atoms with E-state index >= 15 is 0 Å². The van der Waals surface area contributed by atoms with Gasteiger partial charge in [-0.3, -0.25) is 9.48 Å². The number of rotatable bonds is 6. The van der Waals surface area contributed by atoms with Crippen LogP contribution in [0.4, 0.5) is 5.69 Å². The minimum absolute atomic E-state index is 0.142.